The van der Waals surface area contributed by atoms with E-state index in [9.17, 15) is 0 Å². The predicted molar refractivity (Wildman–Crippen MR) is 61.4 cm³/mol. The van der Waals surface area contributed by atoms with E-state index >= 15 is 0 Å². The Hall–Kier alpha value is -1.32. The van der Waals surface area contributed by atoms with E-state index < -0.39 is 5.54 Å². The highest BCUT2D eigenvalue weighted by atomic mass is 16.3. The molecule has 1 atom stereocenters. The van der Waals surface area contributed by atoms with E-state index in [-0.39, 0.29) is 6.04 Å². The van der Waals surface area contributed by atoms with Crippen LogP contribution in [0, 0.1) is 0 Å². The lowest BCUT2D eigenvalue weighted by molar-refractivity contribution is 0.418. The largest absolute Gasteiger partial charge is 0.464 e. The van der Waals surface area contributed by atoms with Crippen molar-refractivity contribution >= 4 is 11.0 Å². The number of furan rings is 1. The highest BCUT2D eigenvalue weighted by Crippen LogP contribution is 2.29. The van der Waals surface area contributed by atoms with E-state index in [1.807, 2.05) is 38.1 Å². The Morgan fingerprint density at radius 2 is 1.93 bits per heavy atom. The van der Waals surface area contributed by atoms with Crippen molar-refractivity contribution in [3.8, 4) is 0 Å². The van der Waals surface area contributed by atoms with Gasteiger partial charge in [0.15, 0.2) is 0 Å². The van der Waals surface area contributed by atoms with Crippen molar-refractivity contribution in [1.29, 1.82) is 0 Å². The first-order valence-electron chi connectivity index (χ1n) is 5.01. The van der Waals surface area contributed by atoms with Crippen molar-refractivity contribution in [2.45, 2.75) is 25.4 Å². The number of rotatable bonds is 2. The Kier molecular flexibility index (Phi) is 2.29. The lowest BCUT2D eigenvalue weighted by Crippen LogP contribution is -2.43. The Morgan fingerprint density at radius 3 is 2.60 bits per heavy atom. The highest BCUT2D eigenvalue weighted by molar-refractivity contribution is 5.81. The molecule has 0 radical (unpaired) electrons. The summed E-state index contributed by atoms with van der Waals surface area (Å²) in [5, 5.41) is 1.04. The van der Waals surface area contributed by atoms with Crippen molar-refractivity contribution in [1.82, 2.24) is 0 Å². The van der Waals surface area contributed by atoms with Crippen LogP contribution >= 0.6 is 0 Å². The Balaban J connectivity index is 2.53. The van der Waals surface area contributed by atoms with E-state index in [1.54, 1.807) is 6.26 Å². The molecule has 80 valence electrons. The van der Waals surface area contributed by atoms with Crippen LogP contribution in [0.25, 0.3) is 11.0 Å². The van der Waals surface area contributed by atoms with Gasteiger partial charge in [0.25, 0.3) is 0 Å². The van der Waals surface area contributed by atoms with Crippen LogP contribution in [-0.4, -0.2) is 5.54 Å². The third-order valence-corrected chi connectivity index (χ3v) is 2.65. The SMILES string of the molecule is CC(C)(N)C(N)c1coc2ccccc12. The van der Waals surface area contributed by atoms with Crippen LogP contribution in [0.2, 0.25) is 0 Å². The molecule has 1 aromatic carbocycles. The number of hydrogen-bond acceptors (Lipinski definition) is 3. The van der Waals surface area contributed by atoms with Gasteiger partial charge >= 0.3 is 0 Å². The fourth-order valence-corrected chi connectivity index (χ4v) is 1.64. The smallest absolute Gasteiger partial charge is 0.134 e. The fraction of sp³-hybridized carbons (Fsp3) is 0.333. The molecule has 3 nitrogen and oxygen atoms in total. The maximum Gasteiger partial charge on any atom is 0.134 e. The third-order valence-electron chi connectivity index (χ3n) is 2.65. The molecule has 1 aromatic heterocycles. The minimum atomic E-state index is -0.452. The van der Waals surface area contributed by atoms with Gasteiger partial charge in [0.2, 0.25) is 0 Å². The number of fused-ring (bicyclic) bond motifs is 1. The summed E-state index contributed by atoms with van der Waals surface area (Å²) < 4.78 is 5.43. The van der Waals surface area contributed by atoms with Crippen LogP contribution in [0.15, 0.2) is 34.9 Å². The van der Waals surface area contributed by atoms with E-state index in [0.29, 0.717) is 0 Å². The van der Waals surface area contributed by atoms with Crippen LogP contribution in [0.4, 0.5) is 0 Å². The summed E-state index contributed by atoms with van der Waals surface area (Å²) in [5.41, 5.74) is 13.5. The van der Waals surface area contributed by atoms with E-state index in [4.69, 9.17) is 15.9 Å². The second kappa shape index (κ2) is 3.36. The number of nitrogens with two attached hydrogens (primary N) is 2. The molecule has 0 spiro atoms. The molecule has 2 aromatic rings. The van der Waals surface area contributed by atoms with Gasteiger partial charge in [-0.3, -0.25) is 0 Å². The lowest BCUT2D eigenvalue weighted by Gasteiger charge is -2.26. The summed E-state index contributed by atoms with van der Waals surface area (Å²) >= 11 is 0. The summed E-state index contributed by atoms with van der Waals surface area (Å²) in [7, 11) is 0. The average molecular weight is 204 g/mol. The van der Waals surface area contributed by atoms with E-state index in [0.717, 1.165) is 16.5 Å². The maximum atomic E-state index is 6.10. The fourth-order valence-electron chi connectivity index (χ4n) is 1.64. The second-order valence-corrected chi connectivity index (χ2v) is 4.49. The van der Waals surface area contributed by atoms with Crippen LogP contribution in [-0.2, 0) is 0 Å². The summed E-state index contributed by atoms with van der Waals surface area (Å²) in [6.45, 7) is 3.83. The molecule has 1 unspecified atom stereocenters. The van der Waals surface area contributed by atoms with Crippen molar-refractivity contribution in [3.63, 3.8) is 0 Å². The predicted octanol–water partition coefficient (Wildman–Crippen LogP) is 2.17. The minimum Gasteiger partial charge on any atom is -0.464 e. The summed E-state index contributed by atoms with van der Waals surface area (Å²) in [6, 6.07) is 7.61. The highest BCUT2D eigenvalue weighted by Gasteiger charge is 2.25. The molecule has 0 amide bonds. The molecule has 15 heavy (non-hydrogen) atoms. The standard InChI is InChI=1S/C12H16N2O/c1-12(2,14)11(13)9-7-15-10-6-4-3-5-8(9)10/h3-7,11H,13-14H2,1-2H3. The molecule has 0 aliphatic heterocycles. The molecule has 3 heteroatoms. The molecule has 0 bridgehead atoms. The van der Waals surface area contributed by atoms with Crippen LogP contribution in [0.5, 0.6) is 0 Å². The van der Waals surface area contributed by atoms with Crippen molar-refractivity contribution in [3.05, 3.63) is 36.1 Å². The summed E-state index contributed by atoms with van der Waals surface area (Å²) in [6.07, 6.45) is 1.70. The van der Waals surface area contributed by atoms with Gasteiger partial charge in [0.05, 0.1) is 12.3 Å². The van der Waals surface area contributed by atoms with Gasteiger partial charge in [-0.25, -0.2) is 0 Å². The van der Waals surface area contributed by atoms with E-state index in [1.165, 1.54) is 0 Å². The number of hydrogen-bond donors (Lipinski definition) is 2. The quantitative estimate of drug-likeness (QED) is 0.787. The van der Waals surface area contributed by atoms with Gasteiger partial charge in [-0.15, -0.1) is 0 Å². The molecule has 4 N–H and O–H groups in total. The van der Waals surface area contributed by atoms with Crippen LogP contribution < -0.4 is 11.5 Å². The Morgan fingerprint density at radius 1 is 1.27 bits per heavy atom. The van der Waals surface area contributed by atoms with Gasteiger partial charge in [0.1, 0.15) is 5.58 Å². The zero-order valence-corrected chi connectivity index (χ0v) is 9.03. The second-order valence-electron chi connectivity index (χ2n) is 4.49. The molecule has 2 rings (SSSR count). The van der Waals surface area contributed by atoms with Crippen molar-refractivity contribution in [2.75, 3.05) is 0 Å². The Labute approximate surface area is 89.0 Å². The first kappa shape index (κ1) is 10.2. The van der Waals surface area contributed by atoms with E-state index in [2.05, 4.69) is 0 Å². The molecule has 0 aliphatic rings. The zero-order valence-electron chi connectivity index (χ0n) is 9.03. The van der Waals surface area contributed by atoms with Crippen molar-refractivity contribution in [2.24, 2.45) is 11.5 Å². The van der Waals surface area contributed by atoms with Gasteiger partial charge in [-0.1, -0.05) is 18.2 Å². The molecule has 0 saturated carbocycles. The van der Waals surface area contributed by atoms with Crippen LogP contribution in [0.1, 0.15) is 25.5 Å². The number of para-hydroxylation sites is 1. The first-order valence-corrected chi connectivity index (χ1v) is 5.01. The molecular weight excluding hydrogens is 188 g/mol. The normalized spacial score (nSPS) is 14.4. The molecule has 0 fully saturated rings. The first-order chi connectivity index (χ1) is 7.00. The number of benzene rings is 1. The summed E-state index contributed by atoms with van der Waals surface area (Å²) in [5.74, 6) is 0. The van der Waals surface area contributed by atoms with Gasteiger partial charge in [-0.2, -0.15) is 0 Å². The zero-order chi connectivity index (χ0) is 11.1. The molecule has 1 heterocycles. The minimum absolute atomic E-state index is 0.221. The van der Waals surface area contributed by atoms with Gasteiger partial charge < -0.3 is 15.9 Å². The lowest BCUT2D eigenvalue weighted by atomic mass is 9.90. The Bertz CT molecular complexity index is 468. The monoisotopic (exact) mass is 204 g/mol. The van der Waals surface area contributed by atoms with Crippen molar-refractivity contribution < 1.29 is 4.42 Å². The third kappa shape index (κ3) is 1.76. The molecule has 0 saturated heterocycles. The van der Waals surface area contributed by atoms with Gasteiger partial charge in [0, 0.05) is 16.5 Å². The average Bonchev–Trinajstić information content (AvgIpc) is 2.58. The maximum absolute atomic E-state index is 6.10. The molecular formula is C12H16N2O. The van der Waals surface area contributed by atoms with Gasteiger partial charge in [-0.05, 0) is 19.9 Å². The van der Waals surface area contributed by atoms with Crippen LogP contribution in [0.3, 0.4) is 0 Å². The molecule has 0 aliphatic carbocycles. The topological polar surface area (TPSA) is 65.2 Å². The summed E-state index contributed by atoms with van der Waals surface area (Å²) in [4.78, 5) is 0.